The Kier molecular flexibility index (Phi) is 3.69. The lowest BCUT2D eigenvalue weighted by molar-refractivity contribution is -0.126. The molecule has 1 fully saturated rings. The number of ketones is 1. The Labute approximate surface area is 108 Å². The Bertz CT molecular complexity index is 379. The molecule has 2 rings (SSSR count). The van der Waals surface area contributed by atoms with Gasteiger partial charge in [0.05, 0.1) is 0 Å². The van der Waals surface area contributed by atoms with Gasteiger partial charge in [-0.3, -0.25) is 9.69 Å². The molecule has 0 aliphatic heterocycles. The summed E-state index contributed by atoms with van der Waals surface area (Å²) in [5.41, 5.74) is -0.222. The molecule has 0 amide bonds. The molecule has 1 aliphatic carbocycles. The third kappa shape index (κ3) is 3.39. The molecule has 0 bridgehead atoms. The highest BCUT2D eigenvalue weighted by molar-refractivity contribution is 7.09. The van der Waals surface area contributed by atoms with Crippen LogP contribution < -0.4 is 0 Å². The number of rotatable bonds is 6. The Morgan fingerprint density at radius 2 is 2.24 bits per heavy atom. The van der Waals surface area contributed by atoms with Crippen molar-refractivity contribution >= 4 is 17.1 Å². The van der Waals surface area contributed by atoms with Gasteiger partial charge in [0.2, 0.25) is 0 Å². The van der Waals surface area contributed by atoms with Gasteiger partial charge in [0.15, 0.2) is 0 Å². The molecule has 0 atom stereocenters. The average Bonchev–Trinajstić information content (AvgIpc) is 2.97. The molecule has 17 heavy (non-hydrogen) atoms. The largest absolute Gasteiger partial charge is 0.299 e. The number of thiophene rings is 1. The van der Waals surface area contributed by atoms with E-state index in [2.05, 4.69) is 36.3 Å². The van der Waals surface area contributed by atoms with Crippen LogP contribution in [0.3, 0.4) is 0 Å². The van der Waals surface area contributed by atoms with Crippen molar-refractivity contribution < 1.29 is 4.79 Å². The fourth-order valence-corrected chi connectivity index (χ4v) is 2.70. The summed E-state index contributed by atoms with van der Waals surface area (Å²) >= 11 is 1.80. The monoisotopic (exact) mass is 251 g/mol. The lowest BCUT2D eigenvalue weighted by Crippen LogP contribution is -2.39. The Balaban J connectivity index is 2.00. The molecule has 94 valence electrons. The van der Waals surface area contributed by atoms with Crippen LogP contribution in [-0.4, -0.2) is 23.3 Å². The average molecular weight is 251 g/mol. The van der Waals surface area contributed by atoms with Crippen LogP contribution >= 0.6 is 11.3 Å². The van der Waals surface area contributed by atoms with Gasteiger partial charge in [0.1, 0.15) is 5.78 Å². The smallest absolute Gasteiger partial charge is 0.136 e. The van der Waals surface area contributed by atoms with E-state index in [4.69, 9.17) is 0 Å². The van der Waals surface area contributed by atoms with Gasteiger partial charge >= 0.3 is 0 Å². The quantitative estimate of drug-likeness (QED) is 0.773. The van der Waals surface area contributed by atoms with E-state index in [0.29, 0.717) is 6.04 Å². The first-order chi connectivity index (χ1) is 7.99. The number of carbonyl (C=O) groups is 1. The first-order valence-corrected chi connectivity index (χ1v) is 7.14. The van der Waals surface area contributed by atoms with Gasteiger partial charge in [-0.05, 0) is 31.2 Å². The maximum atomic E-state index is 11.6. The van der Waals surface area contributed by atoms with Gasteiger partial charge in [-0.2, -0.15) is 0 Å². The second-order valence-corrected chi connectivity index (χ2v) is 6.69. The van der Waals surface area contributed by atoms with Crippen LogP contribution in [-0.2, 0) is 11.3 Å². The maximum absolute atomic E-state index is 11.6. The number of nitrogens with zero attached hydrogens (tertiary/aromatic N) is 1. The number of carbonyl (C=O) groups excluding carboxylic acids is 1. The Morgan fingerprint density at radius 3 is 2.71 bits per heavy atom. The van der Waals surface area contributed by atoms with Crippen molar-refractivity contribution in [3.8, 4) is 0 Å². The minimum absolute atomic E-state index is 0.222. The minimum atomic E-state index is -0.222. The van der Waals surface area contributed by atoms with Gasteiger partial charge in [-0.25, -0.2) is 0 Å². The molecule has 3 heteroatoms. The lowest BCUT2D eigenvalue weighted by Gasteiger charge is -2.30. The molecule has 1 aliphatic rings. The lowest BCUT2D eigenvalue weighted by atomic mass is 9.88. The van der Waals surface area contributed by atoms with E-state index in [-0.39, 0.29) is 11.2 Å². The molecule has 1 heterocycles. The zero-order chi connectivity index (χ0) is 12.5. The van der Waals surface area contributed by atoms with Crippen molar-refractivity contribution in [2.75, 3.05) is 6.54 Å². The molecule has 0 radical (unpaired) electrons. The Hall–Kier alpha value is -0.670. The fraction of sp³-hybridized carbons (Fsp3) is 0.643. The molecular formula is C14H21NOS. The summed E-state index contributed by atoms with van der Waals surface area (Å²) in [6.45, 7) is 7.69. The molecule has 0 spiro atoms. The molecule has 1 aromatic heterocycles. The third-order valence-corrected chi connectivity index (χ3v) is 4.41. The van der Waals surface area contributed by atoms with Crippen molar-refractivity contribution in [1.82, 2.24) is 4.90 Å². The van der Waals surface area contributed by atoms with Crippen molar-refractivity contribution in [1.29, 1.82) is 0 Å². The van der Waals surface area contributed by atoms with Crippen molar-refractivity contribution in [3.63, 3.8) is 0 Å². The molecule has 1 saturated carbocycles. The van der Waals surface area contributed by atoms with E-state index in [9.17, 15) is 4.79 Å². The second-order valence-electron chi connectivity index (χ2n) is 5.66. The van der Waals surface area contributed by atoms with Gasteiger partial charge in [-0.15, -0.1) is 11.3 Å². The number of hydrogen-bond acceptors (Lipinski definition) is 3. The van der Waals surface area contributed by atoms with Crippen molar-refractivity contribution in [2.45, 2.75) is 46.2 Å². The van der Waals surface area contributed by atoms with Gasteiger partial charge < -0.3 is 0 Å². The molecule has 0 aromatic carbocycles. The number of hydrogen-bond donors (Lipinski definition) is 0. The van der Waals surface area contributed by atoms with Crippen LogP contribution in [0.2, 0.25) is 0 Å². The molecule has 2 nitrogen and oxygen atoms in total. The zero-order valence-electron chi connectivity index (χ0n) is 10.9. The predicted octanol–water partition coefficient (Wildman–Crippen LogP) is 3.33. The summed E-state index contributed by atoms with van der Waals surface area (Å²) in [5, 5.41) is 2.12. The Morgan fingerprint density at radius 1 is 1.53 bits per heavy atom. The summed E-state index contributed by atoms with van der Waals surface area (Å²) in [5.74, 6) is 0.286. The zero-order valence-corrected chi connectivity index (χ0v) is 11.7. The SMILES string of the molecule is CC(=O)C(C)(C)CN(Cc1cccs1)C1CC1. The molecule has 0 saturated heterocycles. The van der Waals surface area contributed by atoms with E-state index in [1.807, 2.05) is 0 Å². The van der Waals surface area contributed by atoms with Crippen molar-refractivity contribution in [2.24, 2.45) is 5.41 Å². The summed E-state index contributed by atoms with van der Waals surface area (Å²) in [4.78, 5) is 15.5. The number of Topliss-reactive ketones (excluding diaryl/α,β-unsaturated/α-hetero) is 1. The van der Waals surface area contributed by atoms with Crippen LogP contribution in [0.4, 0.5) is 0 Å². The topological polar surface area (TPSA) is 20.3 Å². The summed E-state index contributed by atoms with van der Waals surface area (Å²) in [6.07, 6.45) is 2.58. The van der Waals surface area contributed by atoms with Crippen LogP contribution in [0.5, 0.6) is 0 Å². The van der Waals surface area contributed by atoms with Crippen LogP contribution in [0.1, 0.15) is 38.5 Å². The van der Waals surface area contributed by atoms with E-state index in [0.717, 1.165) is 13.1 Å². The molecular weight excluding hydrogens is 230 g/mol. The van der Waals surface area contributed by atoms with E-state index in [1.54, 1.807) is 18.3 Å². The van der Waals surface area contributed by atoms with E-state index < -0.39 is 0 Å². The second kappa shape index (κ2) is 4.91. The standard InChI is InChI=1S/C14H21NOS/c1-11(16)14(2,3)10-15(12-6-7-12)9-13-5-4-8-17-13/h4-5,8,12H,6-7,9-10H2,1-3H3. The van der Waals surface area contributed by atoms with E-state index >= 15 is 0 Å². The summed E-state index contributed by atoms with van der Waals surface area (Å²) < 4.78 is 0. The van der Waals surface area contributed by atoms with Gasteiger partial charge in [0.25, 0.3) is 0 Å². The highest BCUT2D eigenvalue weighted by Gasteiger charge is 2.34. The van der Waals surface area contributed by atoms with Crippen LogP contribution in [0, 0.1) is 5.41 Å². The fourth-order valence-electron chi connectivity index (χ4n) is 1.98. The van der Waals surface area contributed by atoms with Gasteiger partial charge in [0, 0.05) is 29.4 Å². The maximum Gasteiger partial charge on any atom is 0.136 e. The first-order valence-electron chi connectivity index (χ1n) is 6.26. The molecule has 1 aromatic rings. The first kappa shape index (κ1) is 12.8. The summed E-state index contributed by atoms with van der Waals surface area (Å²) in [7, 11) is 0. The van der Waals surface area contributed by atoms with Crippen molar-refractivity contribution in [3.05, 3.63) is 22.4 Å². The molecule has 0 unspecified atom stereocenters. The third-order valence-electron chi connectivity index (χ3n) is 3.55. The normalized spacial score (nSPS) is 16.5. The highest BCUT2D eigenvalue weighted by Crippen LogP contribution is 2.32. The summed E-state index contributed by atoms with van der Waals surface area (Å²) in [6, 6.07) is 4.98. The minimum Gasteiger partial charge on any atom is -0.299 e. The van der Waals surface area contributed by atoms with E-state index in [1.165, 1.54) is 17.7 Å². The molecule has 0 N–H and O–H groups in total. The van der Waals surface area contributed by atoms with Gasteiger partial charge in [-0.1, -0.05) is 19.9 Å². The predicted molar refractivity (Wildman–Crippen MR) is 72.2 cm³/mol. The van der Waals surface area contributed by atoms with Crippen LogP contribution in [0.15, 0.2) is 17.5 Å². The highest BCUT2D eigenvalue weighted by atomic mass is 32.1. The van der Waals surface area contributed by atoms with Crippen LogP contribution in [0.25, 0.3) is 0 Å².